The lowest BCUT2D eigenvalue weighted by molar-refractivity contribution is 0.590. The smallest absolute Gasteiger partial charge is 0.263 e. The van der Waals surface area contributed by atoms with Crippen molar-refractivity contribution in [3.63, 3.8) is 0 Å². The van der Waals surface area contributed by atoms with Crippen molar-refractivity contribution in [3.8, 4) is 6.07 Å². The summed E-state index contributed by atoms with van der Waals surface area (Å²) in [6.07, 6.45) is 0. The molecule has 1 aromatic rings. The average molecular weight is 267 g/mol. The Morgan fingerprint density at radius 2 is 2.12 bits per heavy atom. The van der Waals surface area contributed by atoms with E-state index in [0.29, 0.717) is 6.54 Å². The van der Waals surface area contributed by atoms with Gasteiger partial charge in [-0.2, -0.15) is 5.26 Å². The predicted octanol–water partition coefficient (Wildman–Crippen LogP) is 0.458. The third kappa shape index (κ3) is 2.54. The summed E-state index contributed by atoms with van der Waals surface area (Å²) in [6.45, 7) is 0.479. The highest BCUT2D eigenvalue weighted by Gasteiger charge is 2.37. The zero-order valence-electron chi connectivity index (χ0n) is 8.70. The van der Waals surface area contributed by atoms with Crippen molar-refractivity contribution in [3.05, 3.63) is 30.3 Å². The molecule has 1 fully saturated rings. The Morgan fingerprint density at radius 1 is 1.47 bits per heavy atom. The van der Waals surface area contributed by atoms with E-state index in [2.05, 4.69) is 4.72 Å². The van der Waals surface area contributed by atoms with Crippen molar-refractivity contribution < 1.29 is 8.42 Å². The second-order valence-electron chi connectivity index (χ2n) is 3.52. The van der Waals surface area contributed by atoms with Crippen molar-refractivity contribution >= 4 is 27.4 Å². The summed E-state index contributed by atoms with van der Waals surface area (Å²) in [7, 11) is -3.64. The highest BCUT2D eigenvalue weighted by molar-refractivity contribution is 7.91. The number of nitrogens with zero attached hydrogens (tertiary/aromatic N) is 2. The molecule has 1 N–H and O–H groups in total. The third-order valence-corrected chi connectivity index (χ3v) is 4.12. The number of sulfonamides is 1. The summed E-state index contributed by atoms with van der Waals surface area (Å²) >= 11 is 4.92. The summed E-state index contributed by atoms with van der Waals surface area (Å²) in [5.41, 5.74) is 0. The van der Waals surface area contributed by atoms with Crippen LogP contribution in [0.4, 0.5) is 0 Å². The Balaban J connectivity index is 2.10. The fourth-order valence-corrected chi connectivity index (χ4v) is 2.82. The molecule has 0 aliphatic carbocycles. The largest absolute Gasteiger partial charge is 0.328 e. The molecule has 7 heteroatoms. The first kappa shape index (κ1) is 11.8. The maximum absolute atomic E-state index is 11.9. The molecule has 1 aromatic carbocycles. The van der Waals surface area contributed by atoms with Crippen molar-refractivity contribution in [1.82, 2.24) is 9.62 Å². The lowest BCUT2D eigenvalue weighted by atomic mass is 10.4. The molecule has 1 aliphatic rings. The Bertz CT molecular complexity index is 577. The number of nitriles is 1. The standard InChI is InChI=1S/C10H9N3O2S2/c11-6-8-7-13(8)10(16)12-17(14,15)9-4-2-1-3-5-9/h1-5,8H,7H2,(H,12,16). The Morgan fingerprint density at radius 3 is 2.65 bits per heavy atom. The topological polar surface area (TPSA) is 73.0 Å². The van der Waals surface area contributed by atoms with E-state index in [9.17, 15) is 8.42 Å². The quantitative estimate of drug-likeness (QED) is 0.622. The van der Waals surface area contributed by atoms with Gasteiger partial charge < -0.3 is 4.90 Å². The molecule has 1 heterocycles. The number of hydrogen-bond donors (Lipinski definition) is 1. The fraction of sp³-hybridized carbons (Fsp3) is 0.200. The van der Waals surface area contributed by atoms with Crippen LogP contribution in [0.25, 0.3) is 0 Å². The SMILES string of the molecule is N#CC1CN1C(=S)NS(=O)(=O)c1ccccc1. The zero-order valence-corrected chi connectivity index (χ0v) is 10.3. The second-order valence-corrected chi connectivity index (χ2v) is 5.59. The number of nitrogens with one attached hydrogen (secondary N) is 1. The average Bonchev–Trinajstić information content (AvgIpc) is 3.09. The minimum Gasteiger partial charge on any atom is -0.328 e. The van der Waals surface area contributed by atoms with Gasteiger partial charge >= 0.3 is 0 Å². The van der Waals surface area contributed by atoms with Crippen LogP contribution in [-0.4, -0.2) is 31.0 Å². The van der Waals surface area contributed by atoms with Crippen LogP contribution >= 0.6 is 12.2 Å². The van der Waals surface area contributed by atoms with Crippen LogP contribution in [0.1, 0.15) is 0 Å². The van der Waals surface area contributed by atoms with Gasteiger partial charge in [-0.3, -0.25) is 4.72 Å². The molecule has 5 nitrogen and oxygen atoms in total. The summed E-state index contributed by atoms with van der Waals surface area (Å²) in [5.74, 6) is 0. The van der Waals surface area contributed by atoms with E-state index in [4.69, 9.17) is 17.5 Å². The monoisotopic (exact) mass is 267 g/mol. The molecule has 1 saturated heterocycles. The molecule has 0 aromatic heterocycles. The first-order chi connectivity index (χ1) is 8.04. The van der Waals surface area contributed by atoms with E-state index in [1.165, 1.54) is 17.0 Å². The maximum atomic E-state index is 11.9. The molecule has 88 valence electrons. The summed E-state index contributed by atoms with van der Waals surface area (Å²) < 4.78 is 26.0. The summed E-state index contributed by atoms with van der Waals surface area (Å²) in [6, 6.07) is 9.65. The van der Waals surface area contributed by atoms with Gasteiger partial charge in [0, 0.05) is 0 Å². The Hall–Kier alpha value is -1.65. The van der Waals surface area contributed by atoms with E-state index < -0.39 is 10.0 Å². The van der Waals surface area contributed by atoms with Gasteiger partial charge in [0.15, 0.2) is 5.11 Å². The maximum Gasteiger partial charge on any atom is 0.263 e. The van der Waals surface area contributed by atoms with Gasteiger partial charge in [-0.15, -0.1) is 0 Å². The summed E-state index contributed by atoms with van der Waals surface area (Å²) in [4.78, 5) is 1.66. The molecular formula is C10H9N3O2S2. The molecule has 2 rings (SSSR count). The van der Waals surface area contributed by atoms with Crippen molar-refractivity contribution in [1.29, 1.82) is 5.26 Å². The van der Waals surface area contributed by atoms with Crippen molar-refractivity contribution in [2.75, 3.05) is 6.54 Å². The molecule has 0 spiro atoms. The Kier molecular flexibility index (Phi) is 3.00. The van der Waals surface area contributed by atoms with Crippen molar-refractivity contribution in [2.24, 2.45) is 0 Å². The van der Waals surface area contributed by atoms with Gasteiger partial charge in [-0.25, -0.2) is 8.42 Å². The van der Waals surface area contributed by atoms with Crippen LogP contribution in [0.5, 0.6) is 0 Å². The minimum atomic E-state index is -3.64. The van der Waals surface area contributed by atoms with Crippen LogP contribution in [-0.2, 0) is 10.0 Å². The second kappa shape index (κ2) is 4.31. The molecule has 0 bridgehead atoms. The van der Waals surface area contributed by atoms with E-state index in [1.807, 2.05) is 6.07 Å². The molecule has 0 saturated carbocycles. The van der Waals surface area contributed by atoms with Crippen LogP contribution in [0.2, 0.25) is 0 Å². The Labute approximate surface area is 105 Å². The molecule has 17 heavy (non-hydrogen) atoms. The number of benzene rings is 1. The van der Waals surface area contributed by atoms with E-state index in [-0.39, 0.29) is 16.0 Å². The first-order valence-corrected chi connectivity index (χ1v) is 6.72. The van der Waals surface area contributed by atoms with Crippen molar-refractivity contribution in [2.45, 2.75) is 10.9 Å². The van der Waals surface area contributed by atoms with Gasteiger partial charge in [0.05, 0.1) is 17.5 Å². The number of rotatable bonds is 2. The minimum absolute atomic E-state index is 0.0698. The van der Waals surface area contributed by atoms with Gasteiger partial charge in [0.2, 0.25) is 0 Å². The fourth-order valence-electron chi connectivity index (χ4n) is 1.31. The summed E-state index contributed by atoms with van der Waals surface area (Å²) in [5, 5.41) is 8.68. The van der Waals surface area contributed by atoms with Crippen LogP contribution < -0.4 is 4.72 Å². The van der Waals surface area contributed by atoms with E-state index in [1.54, 1.807) is 18.2 Å². The van der Waals surface area contributed by atoms with Gasteiger partial charge in [-0.1, -0.05) is 18.2 Å². The first-order valence-electron chi connectivity index (χ1n) is 4.82. The van der Waals surface area contributed by atoms with Crippen LogP contribution in [0.15, 0.2) is 35.2 Å². The van der Waals surface area contributed by atoms with Crippen LogP contribution in [0, 0.1) is 11.3 Å². The lowest BCUT2D eigenvalue weighted by Gasteiger charge is -2.09. The number of thiocarbonyl (C=S) groups is 1. The highest BCUT2D eigenvalue weighted by Crippen LogP contribution is 2.17. The van der Waals surface area contributed by atoms with Gasteiger partial charge in [0.1, 0.15) is 6.04 Å². The molecule has 0 radical (unpaired) electrons. The molecule has 1 unspecified atom stereocenters. The molecule has 1 atom stereocenters. The zero-order chi connectivity index (χ0) is 12.5. The lowest BCUT2D eigenvalue weighted by Crippen LogP contribution is -2.34. The van der Waals surface area contributed by atoms with E-state index in [0.717, 1.165) is 0 Å². The predicted molar refractivity (Wildman–Crippen MR) is 65.5 cm³/mol. The van der Waals surface area contributed by atoms with Crippen LogP contribution in [0.3, 0.4) is 0 Å². The van der Waals surface area contributed by atoms with Gasteiger partial charge in [-0.05, 0) is 24.4 Å². The number of hydrogen-bond acceptors (Lipinski definition) is 4. The molecule has 1 aliphatic heterocycles. The molecular weight excluding hydrogens is 258 g/mol. The normalized spacial score (nSPS) is 18.3. The van der Waals surface area contributed by atoms with Gasteiger partial charge in [0.25, 0.3) is 10.0 Å². The molecule has 0 amide bonds. The third-order valence-electron chi connectivity index (χ3n) is 2.30. The van der Waals surface area contributed by atoms with E-state index >= 15 is 0 Å². The highest BCUT2D eigenvalue weighted by atomic mass is 32.2.